The quantitative estimate of drug-likeness (QED) is 0.730. The first-order valence-corrected chi connectivity index (χ1v) is 6.21. The largest absolute Gasteiger partial charge is 0.497 e. The van der Waals surface area contributed by atoms with Gasteiger partial charge in [0.25, 0.3) is 0 Å². The van der Waals surface area contributed by atoms with Crippen LogP contribution >= 0.6 is 0 Å². The molecular formula is C15H20O4. The smallest absolute Gasteiger partial charge is 0.118 e. The molecule has 0 aliphatic heterocycles. The highest BCUT2D eigenvalue weighted by Crippen LogP contribution is 2.12. The van der Waals surface area contributed by atoms with Crippen molar-refractivity contribution in [2.75, 3.05) is 20.3 Å². The van der Waals surface area contributed by atoms with Crippen LogP contribution < -0.4 is 4.74 Å². The third kappa shape index (κ3) is 6.82. The van der Waals surface area contributed by atoms with Gasteiger partial charge < -0.3 is 19.7 Å². The van der Waals surface area contributed by atoms with Crippen LogP contribution in [0.2, 0.25) is 0 Å². The lowest BCUT2D eigenvalue weighted by molar-refractivity contribution is 0.0311. The number of ether oxygens (including phenoxy) is 2. The van der Waals surface area contributed by atoms with Crippen molar-refractivity contribution in [2.45, 2.75) is 25.6 Å². The molecule has 0 amide bonds. The Labute approximate surface area is 114 Å². The Bertz CT molecular complexity index is 402. The fourth-order valence-electron chi connectivity index (χ4n) is 1.43. The van der Waals surface area contributed by atoms with Crippen LogP contribution in [-0.4, -0.2) is 36.6 Å². The summed E-state index contributed by atoms with van der Waals surface area (Å²) < 4.78 is 10.5. The molecule has 0 fully saturated rings. The predicted molar refractivity (Wildman–Crippen MR) is 72.8 cm³/mol. The normalized spacial score (nSPS) is 11.5. The van der Waals surface area contributed by atoms with Gasteiger partial charge in [-0.2, -0.15) is 0 Å². The molecule has 4 heteroatoms. The summed E-state index contributed by atoms with van der Waals surface area (Å²) in [7, 11) is 1.62. The third-order valence-corrected chi connectivity index (χ3v) is 2.44. The van der Waals surface area contributed by atoms with E-state index in [2.05, 4.69) is 11.8 Å². The Morgan fingerprint density at radius 3 is 2.58 bits per heavy atom. The average molecular weight is 264 g/mol. The second-order valence-corrected chi connectivity index (χ2v) is 4.05. The third-order valence-electron chi connectivity index (χ3n) is 2.44. The van der Waals surface area contributed by atoms with Gasteiger partial charge in [0.1, 0.15) is 5.75 Å². The van der Waals surface area contributed by atoms with Crippen molar-refractivity contribution in [3.05, 3.63) is 29.8 Å². The predicted octanol–water partition coefficient (Wildman–Crippen LogP) is 1.35. The Hall–Kier alpha value is -1.54. The van der Waals surface area contributed by atoms with E-state index in [1.807, 2.05) is 24.3 Å². The summed E-state index contributed by atoms with van der Waals surface area (Å²) in [5.74, 6) is 6.36. The summed E-state index contributed by atoms with van der Waals surface area (Å²) in [5.41, 5.74) is 1.03. The van der Waals surface area contributed by atoms with Gasteiger partial charge in [0.05, 0.1) is 33.0 Å². The van der Waals surface area contributed by atoms with Gasteiger partial charge >= 0.3 is 0 Å². The maximum atomic E-state index is 9.60. The van der Waals surface area contributed by atoms with Gasteiger partial charge in [0.2, 0.25) is 0 Å². The summed E-state index contributed by atoms with van der Waals surface area (Å²) in [5, 5.41) is 18.1. The van der Waals surface area contributed by atoms with Crippen LogP contribution in [0.3, 0.4) is 0 Å². The second-order valence-electron chi connectivity index (χ2n) is 4.05. The zero-order chi connectivity index (χ0) is 13.9. The first kappa shape index (κ1) is 15.5. The Morgan fingerprint density at radius 1 is 1.21 bits per heavy atom. The molecule has 0 saturated heterocycles. The standard InChI is InChI=1S/C15H20O4/c1-18-15-8-6-13(7-9-15)11-19-12-14(17)5-3-2-4-10-16/h6-9,14,16-17H,4-5,10-12H2,1H3/t14-/m1/s1. The van der Waals surface area contributed by atoms with Crippen molar-refractivity contribution in [1.29, 1.82) is 0 Å². The minimum Gasteiger partial charge on any atom is -0.497 e. The van der Waals surface area contributed by atoms with Gasteiger partial charge in [-0.05, 0) is 17.7 Å². The molecular weight excluding hydrogens is 244 g/mol. The molecule has 1 aromatic rings. The topological polar surface area (TPSA) is 58.9 Å². The molecule has 0 aromatic heterocycles. The van der Waals surface area contributed by atoms with Gasteiger partial charge in [-0.3, -0.25) is 0 Å². The maximum Gasteiger partial charge on any atom is 0.118 e. The van der Waals surface area contributed by atoms with Crippen molar-refractivity contribution in [1.82, 2.24) is 0 Å². The lowest BCUT2D eigenvalue weighted by Gasteiger charge is -2.08. The van der Waals surface area contributed by atoms with Crippen molar-refractivity contribution < 1.29 is 19.7 Å². The van der Waals surface area contributed by atoms with Crippen LogP contribution in [0, 0.1) is 11.8 Å². The zero-order valence-electron chi connectivity index (χ0n) is 11.1. The van der Waals surface area contributed by atoms with Gasteiger partial charge in [-0.15, -0.1) is 11.8 Å². The second kappa shape index (κ2) is 9.40. The number of aliphatic hydroxyl groups excluding tert-OH is 2. The molecule has 0 bridgehead atoms. The van der Waals surface area contributed by atoms with E-state index in [1.54, 1.807) is 7.11 Å². The molecule has 0 saturated carbocycles. The van der Waals surface area contributed by atoms with Crippen LogP contribution in [0.15, 0.2) is 24.3 Å². The maximum absolute atomic E-state index is 9.60. The number of hydrogen-bond donors (Lipinski definition) is 2. The van der Waals surface area contributed by atoms with Gasteiger partial charge in [-0.1, -0.05) is 12.1 Å². The van der Waals surface area contributed by atoms with E-state index in [0.29, 0.717) is 19.4 Å². The molecule has 0 spiro atoms. The molecule has 4 nitrogen and oxygen atoms in total. The van der Waals surface area contributed by atoms with Crippen LogP contribution in [-0.2, 0) is 11.3 Å². The van der Waals surface area contributed by atoms with Crippen LogP contribution in [0.1, 0.15) is 18.4 Å². The van der Waals surface area contributed by atoms with Gasteiger partial charge in [0, 0.05) is 12.8 Å². The Kier molecular flexibility index (Phi) is 7.68. The number of hydrogen-bond acceptors (Lipinski definition) is 4. The van der Waals surface area contributed by atoms with Gasteiger partial charge in [0.15, 0.2) is 0 Å². The SMILES string of the molecule is COc1ccc(COC[C@H](O)CC#CCCO)cc1. The fraction of sp³-hybridized carbons (Fsp3) is 0.467. The number of methoxy groups -OCH3 is 1. The average Bonchev–Trinajstić information content (AvgIpc) is 2.44. The number of rotatable bonds is 7. The molecule has 0 unspecified atom stereocenters. The minimum atomic E-state index is -0.593. The molecule has 104 valence electrons. The summed E-state index contributed by atoms with van der Waals surface area (Å²) in [6.45, 7) is 0.752. The van der Waals surface area contributed by atoms with Crippen molar-refractivity contribution in [2.24, 2.45) is 0 Å². The van der Waals surface area contributed by atoms with E-state index in [4.69, 9.17) is 14.6 Å². The van der Waals surface area contributed by atoms with Gasteiger partial charge in [-0.25, -0.2) is 0 Å². The zero-order valence-corrected chi connectivity index (χ0v) is 11.1. The van der Waals surface area contributed by atoms with Crippen molar-refractivity contribution >= 4 is 0 Å². The molecule has 1 atom stereocenters. The van der Waals surface area contributed by atoms with E-state index in [-0.39, 0.29) is 13.2 Å². The lowest BCUT2D eigenvalue weighted by atomic mass is 10.2. The summed E-state index contributed by atoms with van der Waals surface area (Å²) in [6, 6.07) is 7.59. The first-order chi connectivity index (χ1) is 9.26. The summed E-state index contributed by atoms with van der Waals surface area (Å²) in [4.78, 5) is 0. The molecule has 0 heterocycles. The van der Waals surface area contributed by atoms with E-state index in [9.17, 15) is 5.11 Å². The van der Waals surface area contributed by atoms with Crippen LogP contribution in [0.25, 0.3) is 0 Å². The van der Waals surface area contributed by atoms with E-state index < -0.39 is 6.10 Å². The number of benzene rings is 1. The lowest BCUT2D eigenvalue weighted by Crippen LogP contribution is -2.14. The summed E-state index contributed by atoms with van der Waals surface area (Å²) >= 11 is 0. The first-order valence-electron chi connectivity index (χ1n) is 6.21. The molecule has 0 radical (unpaired) electrons. The monoisotopic (exact) mass is 264 g/mol. The Balaban J connectivity index is 2.20. The summed E-state index contributed by atoms with van der Waals surface area (Å²) in [6.07, 6.45) is 0.214. The fourth-order valence-corrected chi connectivity index (χ4v) is 1.43. The molecule has 19 heavy (non-hydrogen) atoms. The van der Waals surface area contributed by atoms with Crippen molar-refractivity contribution in [3.63, 3.8) is 0 Å². The highest BCUT2D eigenvalue weighted by atomic mass is 16.5. The van der Waals surface area contributed by atoms with Crippen LogP contribution in [0.5, 0.6) is 5.75 Å². The van der Waals surface area contributed by atoms with E-state index >= 15 is 0 Å². The molecule has 1 aromatic carbocycles. The van der Waals surface area contributed by atoms with E-state index in [0.717, 1.165) is 11.3 Å². The van der Waals surface area contributed by atoms with Crippen molar-refractivity contribution in [3.8, 4) is 17.6 Å². The Morgan fingerprint density at radius 2 is 1.95 bits per heavy atom. The highest BCUT2D eigenvalue weighted by Gasteiger charge is 2.02. The highest BCUT2D eigenvalue weighted by molar-refractivity contribution is 5.26. The van der Waals surface area contributed by atoms with E-state index in [1.165, 1.54) is 0 Å². The molecule has 2 N–H and O–H groups in total. The molecule has 1 rings (SSSR count). The number of aliphatic hydroxyl groups is 2. The minimum absolute atomic E-state index is 0.0526. The van der Waals surface area contributed by atoms with Crippen LogP contribution in [0.4, 0.5) is 0 Å². The molecule has 0 aliphatic rings. The molecule has 0 aliphatic carbocycles.